The first kappa shape index (κ1) is 13.8. The van der Waals surface area contributed by atoms with Crippen molar-refractivity contribution in [1.29, 1.82) is 0 Å². The van der Waals surface area contributed by atoms with E-state index in [0.717, 1.165) is 12.0 Å². The predicted octanol–water partition coefficient (Wildman–Crippen LogP) is 3.00. The summed E-state index contributed by atoms with van der Waals surface area (Å²) in [6, 6.07) is 3.25. The number of rotatable bonds is 5. The molecule has 2 N–H and O–H groups in total. The summed E-state index contributed by atoms with van der Waals surface area (Å²) in [7, 11) is 0. The summed E-state index contributed by atoms with van der Waals surface area (Å²) < 4.78 is 13.8. The van der Waals surface area contributed by atoms with E-state index in [4.69, 9.17) is 5.73 Å². The van der Waals surface area contributed by atoms with E-state index >= 15 is 0 Å². The maximum atomic E-state index is 13.8. The number of hydrogen-bond donors (Lipinski definition) is 1. The van der Waals surface area contributed by atoms with Gasteiger partial charge in [0, 0.05) is 5.92 Å². The van der Waals surface area contributed by atoms with Crippen LogP contribution < -0.4 is 5.73 Å². The summed E-state index contributed by atoms with van der Waals surface area (Å²) in [6.45, 7) is 5.99. The van der Waals surface area contributed by atoms with Crippen LogP contribution in [0.25, 0.3) is 0 Å². The molecule has 0 spiro atoms. The first-order chi connectivity index (χ1) is 7.97. The predicted molar refractivity (Wildman–Crippen MR) is 67.7 cm³/mol. The summed E-state index contributed by atoms with van der Waals surface area (Å²) in [6.07, 6.45) is 1.50. The van der Waals surface area contributed by atoms with Crippen LogP contribution in [0.1, 0.15) is 41.3 Å². The van der Waals surface area contributed by atoms with Crippen molar-refractivity contribution in [3.63, 3.8) is 0 Å². The van der Waals surface area contributed by atoms with Crippen LogP contribution in [-0.4, -0.2) is 12.3 Å². The molecular formula is C14H20FNO. The highest BCUT2D eigenvalue weighted by molar-refractivity contribution is 5.99. The largest absolute Gasteiger partial charge is 0.330 e. The van der Waals surface area contributed by atoms with Gasteiger partial charge in [-0.15, -0.1) is 0 Å². The van der Waals surface area contributed by atoms with E-state index in [9.17, 15) is 9.18 Å². The summed E-state index contributed by atoms with van der Waals surface area (Å²) in [5.74, 6) is -0.699. The van der Waals surface area contributed by atoms with Gasteiger partial charge in [-0.3, -0.25) is 4.79 Å². The van der Waals surface area contributed by atoms with Crippen molar-refractivity contribution in [3.8, 4) is 0 Å². The van der Waals surface area contributed by atoms with Crippen molar-refractivity contribution in [2.45, 2.75) is 33.6 Å². The molecule has 0 aliphatic heterocycles. The lowest BCUT2D eigenvalue weighted by Gasteiger charge is -2.13. The zero-order valence-electron chi connectivity index (χ0n) is 10.7. The van der Waals surface area contributed by atoms with Crippen LogP contribution in [0.4, 0.5) is 4.39 Å². The van der Waals surface area contributed by atoms with Crippen LogP contribution in [0.2, 0.25) is 0 Å². The third-order valence-electron chi connectivity index (χ3n) is 2.97. The molecule has 2 nitrogen and oxygen atoms in total. The maximum Gasteiger partial charge on any atom is 0.168 e. The number of ketones is 1. The van der Waals surface area contributed by atoms with Gasteiger partial charge in [-0.05, 0) is 50.4 Å². The van der Waals surface area contributed by atoms with Gasteiger partial charge in [0.2, 0.25) is 0 Å². The monoisotopic (exact) mass is 237 g/mol. The third kappa shape index (κ3) is 3.37. The quantitative estimate of drug-likeness (QED) is 0.800. The van der Waals surface area contributed by atoms with Gasteiger partial charge in [0.1, 0.15) is 5.82 Å². The van der Waals surface area contributed by atoms with Crippen LogP contribution in [0.3, 0.4) is 0 Å². The van der Waals surface area contributed by atoms with Crippen LogP contribution in [0.15, 0.2) is 12.1 Å². The zero-order valence-corrected chi connectivity index (χ0v) is 10.7. The second-order valence-corrected chi connectivity index (χ2v) is 4.63. The van der Waals surface area contributed by atoms with Crippen LogP contribution >= 0.6 is 0 Å². The van der Waals surface area contributed by atoms with Crippen LogP contribution in [0.5, 0.6) is 0 Å². The summed E-state index contributed by atoms with van der Waals surface area (Å²) in [5.41, 5.74) is 7.20. The number of hydrogen-bond acceptors (Lipinski definition) is 2. The van der Waals surface area contributed by atoms with E-state index in [1.54, 1.807) is 6.92 Å². The minimum Gasteiger partial charge on any atom is -0.330 e. The standard InChI is InChI=1S/C14H20FNO/c1-9-7-11(3)13(12(15)8-9)14(17)10(2)5-4-6-16/h7-8,10H,4-6,16H2,1-3H3. The van der Waals surface area contributed by atoms with Gasteiger partial charge in [0.05, 0.1) is 5.56 Å². The van der Waals surface area contributed by atoms with Crippen molar-refractivity contribution >= 4 is 5.78 Å². The summed E-state index contributed by atoms with van der Waals surface area (Å²) in [5, 5.41) is 0. The minimum atomic E-state index is -0.410. The second-order valence-electron chi connectivity index (χ2n) is 4.63. The first-order valence-corrected chi connectivity index (χ1v) is 5.98. The van der Waals surface area contributed by atoms with Crippen LogP contribution in [-0.2, 0) is 0 Å². The van der Waals surface area contributed by atoms with Gasteiger partial charge >= 0.3 is 0 Å². The molecule has 0 aliphatic rings. The fourth-order valence-electron chi connectivity index (χ4n) is 2.03. The van der Waals surface area contributed by atoms with E-state index < -0.39 is 5.82 Å². The van der Waals surface area contributed by atoms with Gasteiger partial charge in [-0.2, -0.15) is 0 Å². The number of nitrogens with two attached hydrogens (primary N) is 1. The van der Waals surface area contributed by atoms with E-state index in [2.05, 4.69) is 0 Å². The Labute approximate surface area is 102 Å². The Morgan fingerprint density at radius 1 is 1.41 bits per heavy atom. The molecule has 0 saturated heterocycles. The molecule has 0 heterocycles. The first-order valence-electron chi connectivity index (χ1n) is 5.98. The molecule has 1 aromatic carbocycles. The highest BCUT2D eigenvalue weighted by atomic mass is 19.1. The zero-order chi connectivity index (χ0) is 13.0. The lowest BCUT2D eigenvalue weighted by atomic mass is 9.91. The Kier molecular flexibility index (Phi) is 4.82. The number of carbonyl (C=O) groups excluding carboxylic acids is 1. The molecule has 3 heteroatoms. The molecule has 0 fully saturated rings. The van der Waals surface area contributed by atoms with E-state index in [-0.39, 0.29) is 17.3 Å². The molecular weight excluding hydrogens is 217 g/mol. The molecule has 0 aromatic heterocycles. The lowest BCUT2D eigenvalue weighted by Crippen LogP contribution is -2.16. The molecule has 0 radical (unpaired) electrons. The average molecular weight is 237 g/mol. The Bertz CT molecular complexity index is 392. The lowest BCUT2D eigenvalue weighted by molar-refractivity contribution is 0.0918. The normalized spacial score (nSPS) is 12.5. The fourth-order valence-corrected chi connectivity index (χ4v) is 2.03. The molecule has 0 bridgehead atoms. The van der Waals surface area contributed by atoms with Gasteiger partial charge < -0.3 is 5.73 Å². The number of carbonyl (C=O) groups is 1. The molecule has 1 atom stereocenters. The molecule has 17 heavy (non-hydrogen) atoms. The highest BCUT2D eigenvalue weighted by Crippen LogP contribution is 2.21. The Morgan fingerprint density at radius 3 is 2.59 bits per heavy atom. The van der Waals surface area contributed by atoms with Crippen molar-refractivity contribution in [3.05, 3.63) is 34.6 Å². The van der Waals surface area contributed by atoms with Gasteiger partial charge in [-0.1, -0.05) is 13.0 Å². The molecule has 1 aromatic rings. The van der Waals surface area contributed by atoms with E-state index in [1.807, 2.05) is 19.9 Å². The SMILES string of the molecule is Cc1cc(C)c(C(=O)C(C)CCCN)c(F)c1. The molecule has 0 saturated carbocycles. The number of Topliss-reactive ketones (excluding diaryl/α,β-unsaturated/α-hetero) is 1. The Hall–Kier alpha value is -1.22. The van der Waals surface area contributed by atoms with Crippen molar-refractivity contribution < 1.29 is 9.18 Å². The molecule has 1 rings (SSSR count). The van der Waals surface area contributed by atoms with Crippen molar-refractivity contribution in [2.24, 2.45) is 11.7 Å². The van der Waals surface area contributed by atoms with Crippen molar-refractivity contribution in [2.75, 3.05) is 6.54 Å². The molecule has 1 unspecified atom stereocenters. The number of aryl methyl sites for hydroxylation is 2. The third-order valence-corrected chi connectivity index (χ3v) is 2.97. The maximum absolute atomic E-state index is 13.8. The summed E-state index contributed by atoms with van der Waals surface area (Å²) in [4.78, 5) is 12.1. The van der Waals surface area contributed by atoms with E-state index in [1.165, 1.54) is 6.07 Å². The van der Waals surface area contributed by atoms with Gasteiger partial charge in [0.25, 0.3) is 0 Å². The van der Waals surface area contributed by atoms with Crippen molar-refractivity contribution in [1.82, 2.24) is 0 Å². The molecule has 94 valence electrons. The Morgan fingerprint density at radius 2 is 2.06 bits per heavy atom. The summed E-state index contributed by atoms with van der Waals surface area (Å²) >= 11 is 0. The second kappa shape index (κ2) is 5.92. The average Bonchev–Trinajstić information content (AvgIpc) is 2.24. The fraction of sp³-hybridized carbons (Fsp3) is 0.500. The molecule has 0 amide bonds. The topological polar surface area (TPSA) is 43.1 Å². The Balaban J connectivity index is 2.96. The number of halogens is 1. The highest BCUT2D eigenvalue weighted by Gasteiger charge is 2.20. The van der Waals surface area contributed by atoms with Gasteiger partial charge in [-0.25, -0.2) is 4.39 Å². The smallest absolute Gasteiger partial charge is 0.168 e. The van der Waals surface area contributed by atoms with E-state index in [0.29, 0.717) is 18.5 Å². The van der Waals surface area contributed by atoms with Gasteiger partial charge in [0.15, 0.2) is 5.78 Å². The van der Waals surface area contributed by atoms with Crippen LogP contribution in [0, 0.1) is 25.6 Å². The number of benzene rings is 1. The minimum absolute atomic E-state index is 0.117. The molecule has 0 aliphatic carbocycles.